The van der Waals surface area contributed by atoms with Crippen molar-refractivity contribution >= 4 is 29.5 Å². The van der Waals surface area contributed by atoms with E-state index in [0.29, 0.717) is 18.6 Å². The molecule has 8 heteroatoms. The molecule has 4 atom stereocenters. The van der Waals surface area contributed by atoms with E-state index >= 15 is 0 Å². The van der Waals surface area contributed by atoms with Crippen LogP contribution in [0.5, 0.6) is 0 Å². The van der Waals surface area contributed by atoms with Crippen LogP contribution in [0.3, 0.4) is 0 Å². The summed E-state index contributed by atoms with van der Waals surface area (Å²) in [5.74, 6) is -1.51. The van der Waals surface area contributed by atoms with Gasteiger partial charge in [0.2, 0.25) is 11.8 Å². The van der Waals surface area contributed by atoms with E-state index in [1.54, 1.807) is 0 Å². The van der Waals surface area contributed by atoms with Gasteiger partial charge in [0.25, 0.3) is 0 Å². The molecule has 0 aromatic carbocycles. The molecule has 0 saturated heterocycles. The zero-order valence-electron chi connectivity index (χ0n) is 13.6. The third-order valence-corrected chi connectivity index (χ3v) is 4.08. The first-order valence-corrected chi connectivity index (χ1v) is 8.72. The van der Waals surface area contributed by atoms with E-state index in [-0.39, 0.29) is 5.92 Å². The SMILES string of the molecule is CC[C@H](C)[C@H](NC(=O)[C@H](C)N)C(=O)N[C@@H](CCSC)C(=O)O. The molecule has 0 aliphatic heterocycles. The van der Waals surface area contributed by atoms with Crippen molar-refractivity contribution in [1.82, 2.24) is 10.6 Å². The van der Waals surface area contributed by atoms with Gasteiger partial charge in [-0.05, 0) is 31.3 Å². The number of aliphatic carboxylic acids is 1. The molecule has 0 bridgehead atoms. The molecule has 128 valence electrons. The lowest BCUT2D eigenvalue weighted by Gasteiger charge is -2.26. The molecule has 0 aliphatic rings. The van der Waals surface area contributed by atoms with Crippen LogP contribution >= 0.6 is 11.8 Å². The van der Waals surface area contributed by atoms with Gasteiger partial charge < -0.3 is 21.5 Å². The van der Waals surface area contributed by atoms with E-state index in [2.05, 4.69) is 10.6 Å². The first-order valence-electron chi connectivity index (χ1n) is 7.32. The van der Waals surface area contributed by atoms with Crippen molar-refractivity contribution in [2.45, 2.75) is 51.7 Å². The zero-order chi connectivity index (χ0) is 17.3. The minimum Gasteiger partial charge on any atom is -0.480 e. The maximum Gasteiger partial charge on any atom is 0.326 e. The highest BCUT2D eigenvalue weighted by atomic mass is 32.2. The van der Waals surface area contributed by atoms with Crippen molar-refractivity contribution in [2.24, 2.45) is 11.7 Å². The van der Waals surface area contributed by atoms with Crippen molar-refractivity contribution in [2.75, 3.05) is 12.0 Å². The van der Waals surface area contributed by atoms with E-state index in [9.17, 15) is 14.4 Å². The van der Waals surface area contributed by atoms with Crippen molar-refractivity contribution < 1.29 is 19.5 Å². The summed E-state index contributed by atoms with van der Waals surface area (Å²) >= 11 is 1.51. The highest BCUT2D eigenvalue weighted by molar-refractivity contribution is 7.98. The summed E-state index contributed by atoms with van der Waals surface area (Å²) in [5, 5.41) is 14.3. The summed E-state index contributed by atoms with van der Waals surface area (Å²) in [7, 11) is 0. The van der Waals surface area contributed by atoms with Crippen LogP contribution in [0, 0.1) is 5.92 Å². The highest BCUT2D eigenvalue weighted by Gasteiger charge is 2.30. The van der Waals surface area contributed by atoms with Crippen LogP contribution in [0.15, 0.2) is 0 Å². The quantitative estimate of drug-likeness (QED) is 0.453. The molecule has 0 rings (SSSR count). The van der Waals surface area contributed by atoms with Gasteiger partial charge in [0, 0.05) is 0 Å². The fraction of sp³-hybridized carbons (Fsp3) is 0.786. The second-order valence-electron chi connectivity index (χ2n) is 5.34. The monoisotopic (exact) mass is 333 g/mol. The maximum atomic E-state index is 12.3. The molecule has 0 heterocycles. The molecule has 0 radical (unpaired) electrons. The lowest BCUT2D eigenvalue weighted by molar-refractivity contribution is -0.142. The van der Waals surface area contributed by atoms with Crippen LogP contribution < -0.4 is 16.4 Å². The van der Waals surface area contributed by atoms with Crippen LogP contribution in [0.25, 0.3) is 0 Å². The van der Waals surface area contributed by atoms with E-state index in [1.165, 1.54) is 18.7 Å². The number of thioether (sulfide) groups is 1. The van der Waals surface area contributed by atoms with Gasteiger partial charge in [-0.3, -0.25) is 9.59 Å². The Morgan fingerprint density at radius 2 is 1.77 bits per heavy atom. The number of rotatable bonds is 10. The smallest absolute Gasteiger partial charge is 0.326 e. The highest BCUT2D eigenvalue weighted by Crippen LogP contribution is 2.10. The molecule has 0 saturated carbocycles. The molecule has 22 heavy (non-hydrogen) atoms. The third kappa shape index (κ3) is 7.13. The number of hydrogen-bond acceptors (Lipinski definition) is 5. The Balaban J connectivity index is 4.93. The summed E-state index contributed by atoms with van der Waals surface area (Å²) in [4.78, 5) is 35.3. The Hall–Kier alpha value is -1.28. The Morgan fingerprint density at radius 1 is 1.18 bits per heavy atom. The van der Waals surface area contributed by atoms with Crippen LogP contribution in [-0.2, 0) is 14.4 Å². The molecule has 0 fully saturated rings. The lowest BCUT2D eigenvalue weighted by Crippen LogP contribution is -2.56. The van der Waals surface area contributed by atoms with Gasteiger partial charge in [0.05, 0.1) is 6.04 Å². The second-order valence-corrected chi connectivity index (χ2v) is 6.33. The normalized spacial score (nSPS) is 16.2. The number of carboxylic acid groups (broad SMARTS) is 1. The van der Waals surface area contributed by atoms with Crippen LogP contribution in [-0.4, -0.2) is 53.0 Å². The minimum atomic E-state index is -1.08. The summed E-state index contributed by atoms with van der Waals surface area (Å²) in [6.07, 6.45) is 2.86. The number of nitrogens with one attached hydrogen (secondary N) is 2. The van der Waals surface area contributed by atoms with E-state index < -0.39 is 35.9 Å². The molecule has 5 N–H and O–H groups in total. The van der Waals surface area contributed by atoms with Crippen LogP contribution in [0.4, 0.5) is 0 Å². The molecule has 2 amide bonds. The lowest BCUT2D eigenvalue weighted by atomic mass is 9.97. The fourth-order valence-electron chi connectivity index (χ4n) is 1.74. The Kier molecular flexibility index (Phi) is 9.84. The predicted octanol–water partition coefficient (Wildman–Crippen LogP) is 0.187. The first-order chi connectivity index (χ1) is 10.2. The van der Waals surface area contributed by atoms with Crippen LogP contribution in [0.1, 0.15) is 33.6 Å². The van der Waals surface area contributed by atoms with Crippen molar-refractivity contribution in [3.63, 3.8) is 0 Å². The fourth-order valence-corrected chi connectivity index (χ4v) is 2.21. The molecule has 0 aliphatic carbocycles. The Morgan fingerprint density at radius 3 is 2.18 bits per heavy atom. The summed E-state index contributed by atoms with van der Waals surface area (Å²) in [5.41, 5.74) is 5.50. The number of amides is 2. The van der Waals surface area contributed by atoms with Gasteiger partial charge in [-0.15, -0.1) is 0 Å². The number of hydrogen-bond donors (Lipinski definition) is 4. The average Bonchev–Trinajstić information content (AvgIpc) is 2.47. The third-order valence-electron chi connectivity index (χ3n) is 3.43. The zero-order valence-corrected chi connectivity index (χ0v) is 14.4. The number of carbonyl (C=O) groups excluding carboxylic acids is 2. The number of nitrogens with two attached hydrogens (primary N) is 1. The minimum absolute atomic E-state index is 0.127. The van der Waals surface area contributed by atoms with Gasteiger partial charge >= 0.3 is 5.97 Å². The standard InChI is InChI=1S/C14H27N3O4S/c1-5-8(2)11(17-12(18)9(3)15)13(19)16-10(14(20)21)6-7-22-4/h8-11H,5-7,15H2,1-4H3,(H,16,19)(H,17,18)(H,20,21)/t8-,9-,10-,11-/m0/s1. The van der Waals surface area contributed by atoms with E-state index in [1.807, 2.05) is 20.1 Å². The topological polar surface area (TPSA) is 122 Å². The summed E-state index contributed by atoms with van der Waals surface area (Å²) in [6.45, 7) is 5.24. The van der Waals surface area contributed by atoms with E-state index in [4.69, 9.17) is 10.8 Å². The largest absolute Gasteiger partial charge is 0.480 e. The number of carboxylic acids is 1. The van der Waals surface area contributed by atoms with Gasteiger partial charge in [-0.25, -0.2) is 4.79 Å². The average molecular weight is 333 g/mol. The van der Waals surface area contributed by atoms with Crippen LogP contribution in [0.2, 0.25) is 0 Å². The molecule has 0 spiro atoms. The van der Waals surface area contributed by atoms with Crippen molar-refractivity contribution in [3.8, 4) is 0 Å². The Labute approximate surface area is 135 Å². The van der Waals surface area contributed by atoms with Crippen molar-refractivity contribution in [1.29, 1.82) is 0 Å². The molecule has 7 nitrogen and oxygen atoms in total. The maximum absolute atomic E-state index is 12.3. The molecular weight excluding hydrogens is 306 g/mol. The Bertz CT molecular complexity index is 390. The first kappa shape index (κ1) is 20.7. The predicted molar refractivity (Wildman–Crippen MR) is 87.6 cm³/mol. The molecule has 0 aromatic rings. The van der Waals surface area contributed by atoms with E-state index in [0.717, 1.165) is 0 Å². The van der Waals surface area contributed by atoms with Gasteiger partial charge in [-0.2, -0.15) is 11.8 Å². The molecule has 0 unspecified atom stereocenters. The molecular formula is C14H27N3O4S. The molecule has 0 aromatic heterocycles. The van der Waals surface area contributed by atoms with Gasteiger partial charge in [0.1, 0.15) is 12.1 Å². The summed E-state index contributed by atoms with van der Waals surface area (Å²) in [6, 6.07) is -2.48. The second kappa shape index (κ2) is 10.4. The number of carbonyl (C=O) groups is 3. The van der Waals surface area contributed by atoms with Gasteiger partial charge in [-0.1, -0.05) is 20.3 Å². The van der Waals surface area contributed by atoms with Gasteiger partial charge in [0.15, 0.2) is 0 Å². The van der Waals surface area contributed by atoms with Crippen molar-refractivity contribution in [3.05, 3.63) is 0 Å². The summed E-state index contributed by atoms with van der Waals surface area (Å²) < 4.78 is 0.